The molecule has 22 heavy (non-hydrogen) atoms. The highest BCUT2D eigenvalue weighted by atomic mass is 16.2. The molecule has 0 bridgehead atoms. The summed E-state index contributed by atoms with van der Waals surface area (Å²) in [6, 6.07) is 16.9. The maximum atomic E-state index is 12.5. The Morgan fingerprint density at radius 3 is 2.41 bits per heavy atom. The highest BCUT2D eigenvalue weighted by molar-refractivity contribution is 5.77. The number of allylic oxidation sites excluding steroid dienone is 1. The summed E-state index contributed by atoms with van der Waals surface area (Å²) >= 11 is 0. The summed E-state index contributed by atoms with van der Waals surface area (Å²) in [5.74, 6) is 0. The molecule has 2 aromatic carbocycles. The Morgan fingerprint density at radius 2 is 1.64 bits per heavy atom. The Hall–Kier alpha value is -2.88. The van der Waals surface area contributed by atoms with E-state index in [1.807, 2.05) is 48.6 Å². The van der Waals surface area contributed by atoms with Gasteiger partial charge in [0.15, 0.2) is 0 Å². The topological polar surface area (TPSA) is 44.0 Å². The molecule has 0 aliphatic heterocycles. The van der Waals surface area contributed by atoms with Crippen LogP contribution < -0.4 is 11.2 Å². The number of fused-ring (bicyclic) bond motifs is 1. The van der Waals surface area contributed by atoms with E-state index in [0.29, 0.717) is 10.9 Å². The van der Waals surface area contributed by atoms with Crippen LogP contribution in [0.2, 0.25) is 0 Å². The first-order chi connectivity index (χ1) is 10.7. The monoisotopic (exact) mass is 292 g/mol. The maximum Gasteiger partial charge on any atom is 0.331 e. The van der Waals surface area contributed by atoms with Crippen molar-refractivity contribution < 1.29 is 0 Å². The largest absolute Gasteiger partial charge is 0.331 e. The molecular formula is C18H16N2O2. The van der Waals surface area contributed by atoms with Gasteiger partial charge in [-0.2, -0.15) is 0 Å². The van der Waals surface area contributed by atoms with Gasteiger partial charge in [-0.3, -0.25) is 13.9 Å². The van der Waals surface area contributed by atoms with Gasteiger partial charge in [0.25, 0.3) is 5.56 Å². The minimum Gasteiger partial charge on any atom is -0.296 e. The van der Waals surface area contributed by atoms with Crippen LogP contribution in [-0.4, -0.2) is 9.13 Å². The summed E-state index contributed by atoms with van der Waals surface area (Å²) in [6.45, 7) is 0.255. The fraction of sp³-hybridized carbons (Fsp3) is 0.111. The van der Waals surface area contributed by atoms with Crippen LogP contribution in [-0.2, 0) is 13.6 Å². The van der Waals surface area contributed by atoms with E-state index in [1.54, 1.807) is 25.2 Å². The van der Waals surface area contributed by atoms with Gasteiger partial charge in [-0.05, 0) is 17.7 Å². The lowest BCUT2D eigenvalue weighted by Gasteiger charge is -2.08. The predicted octanol–water partition coefficient (Wildman–Crippen LogP) is 2.41. The first kappa shape index (κ1) is 14.1. The van der Waals surface area contributed by atoms with E-state index in [1.165, 1.54) is 9.13 Å². The molecule has 0 spiro atoms. The Balaban J connectivity index is 2.03. The number of hydrogen-bond donors (Lipinski definition) is 0. The third-order valence-corrected chi connectivity index (χ3v) is 3.66. The van der Waals surface area contributed by atoms with Crippen molar-refractivity contribution in [3.05, 3.63) is 87.1 Å². The molecule has 0 saturated carbocycles. The lowest BCUT2D eigenvalue weighted by Crippen LogP contribution is -2.38. The SMILES string of the molecule is Cn1c(=O)n(CC=Cc2ccccc2)c(=O)c2ccccc21. The van der Waals surface area contributed by atoms with E-state index < -0.39 is 0 Å². The molecule has 4 nitrogen and oxygen atoms in total. The molecule has 0 N–H and O–H groups in total. The molecule has 0 atom stereocenters. The van der Waals surface area contributed by atoms with E-state index in [0.717, 1.165) is 5.56 Å². The van der Waals surface area contributed by atoms with Gasteiger partial charge >= 0.3 is 5.69 Å². The second-order valence-corrected chi connectivity index (χ2v) is 5.09. The van der Waals surface area contributed by atoms with Crippen LogP contribution in [0, 0.1) is 0 Å². The smallest absolute Gasteiger partial charge is 0.296 e. The molecule has 1 heterocycles. The average Bonchev–Trinajstić information content (AvgIpc) is 2.57. The van der Waals surface area contributed by atoms with Gasteiger partial charge in [0, 0.05) is 13.6 Å². The quantitative estimate of drug-likeness (QED) is 0.744. The van der Waals surface area contributed by atoms with Crippen LogP contribution in [0.3, 0.4) is 0 Å². The number of hydrogen-bond acceptors (Lipinski definition) is 2. The Bertz CT molecular complexity index is 950. The molecule has 3 rings (SSSR count). The second-order valence-electron chi connectivity index (χ2n) is 5.09. The second kappa shape index (κ2) is 5.85. The molecule has 0 radical (unpaired) electrons. The van der Waals surface area contributed by atoms with Gasteiger partial charge in [0.1, 0.15) is 0 Å². The van der Waals surface area contributed by atoms with E-state index in [-0.39, 0.29) is 17.8 Å². The van der Waals surface area contributed by atoms with Crippen LogP contribution in [0.25, 0.3) is 17.0 Å². The first-order valence-electron chi connectivity index (χ1n) is 7.08. The van der Waals surface area contributed by atoms with Gasteiger partial charge < -0.3 is 0 Å². The molecule has 0 aliphatic carbocycles. The lowest BCUT2D eigenvalue weighted by atomic mass is 10.2. The van der Waals surface area contributed by atoms with Crippen LogP contribution in [0.1, 0.15) is 5.56 Å². The van der Waals surface area contributed by atoms with E-state index in [2.05, 4.69) is 0 Å². The van der Waals surface area contributed by atoms with Gasteiger partial charge in [-0.1, -0.05) is 54.6 Å². The predicted molar refractivity (Wildman–Crippen MR) is 88.9 cm³/mol. The molecule has 4 heteroatoms. The van der Waals surface area contributed by atoms with Crippen molar-refractivity contribution in [2.45, 2.75) is 6.54 Å². The van der Waals surface area contributed by atoms with Crippen molar-refractivity contribution in [3.8, 4) is 0 Å². The summed E-state index contributed by atoms with van der Waals surface area (Å²) in [5.41, 5.74) is 1.13. The maximum absolute atomic E-state index is 12.5. The molecule has 110 valence electrons. The van der Waals surface area contributed by atoms with Crippen molar-refractivity contribution in [1.82, 2.24) is 9.13 Å². The average molecular weight is 292 g/mol. The van der Waals surface area contributed by atoms with Crippen molar-refractivity contribution in [2.24, 2.45) is 7.05 Å². The van der Waals surface area contributed by atoms with Crippen molar-refractivity contribution in [2.75, 3.05) is 0 Å². The van der Waals surface area contributed by atoms with E-state index in [9.17, 15) is 9.59 Å². The number of benzene rings is 2. The van der Waals surface area contributed by atoms with E-state index in [4.69, 9.17) is 0 Å². The third-order valence-electron chi connectivity index (χ3n) is 3.66. The van der Waals surface area contributed by atoms with Gasteiger partial charge in [0.05, 0.1) is 10.9 Å². The summed E-state index contributed by atoms with van der Waals surface area (Å²) in [6.07, 6.45) is 3.73. The van der Waals surface area contributed by atoms with Crippen molar-refractivity contribution in [3.63, 3.8) is 0 Å². The van der Waals surface area contributed by atoms with Gasteiger partial charge in [-0.25, -0.2) is 4.79 Å². The normalized spacial score (nSPS) is 11.3. The fourth-order valence-electron chi connectivity index (χ4n) is 2.48. The zero-order valence-electron chi connectivity index (χ0n) is 12.3. The Kier molecular flexibility index (Phi) is 3.74. The zero-order valence-corrected chi connectivity index (χ0v) is 12.3. The lowest BCUT2D eigenvalue weighted by molar-refractivity contribution is 0.672. The molecule has 0 aliphatic rings. The summed E-state index contributed by atoms with van der Waals surface area (Å²) in [7, 11) is 1.68. The van der Waals surface area contributed by atoms with Gasteiger partial charge in [0.2, 0.25) is 0 Å². The van der Waals surface area contributed by atoms with Crippen LogP contribution in [0.5, 0.6) is 0 Å². The highest BCUT2D eigenvalue weighted by Gasteiger charge is 2.08. The summed E-state index contributed by atoms with van der Waals surface area (Å²) < 4.78 is 2.76. The first-order valence-corrected chi connectivity index (χ1v) is 7.08. The number of aryl methyl sites for hydroxylation is 1. The van der Waals surface area contributed by atoms with Crippen LogP contribution in [0.4, 0.5) is 0 Å². The summed E-state index contributed by atoms with van der Waals surface area (Å²) in [4.78, 5) is 24.8. The van der Waals surface area contributed by atoms with E-state index >= 15 is 0 Å². The standard InChI is InChI=1S/C18H16N2O2/c1-19-16-12-6-5-11-15(16)17(21)20(18(19)22)13-7-10-14-8-3-2-4-9-14/h2-12H,13H2,1H3. The minimum atomic E-state index is -0.304. The van der Waals surface area contributed by atoms with Crippen molar-refractivity contribution in [1.29, 1.82) is 0 Å². The Morgan fingerprint density at radius 1 is 0.955 bits per heavy atom. The van der Waals surface area contributed by atoms with Gasteiger partial charge in [-0.15, -0.1) is 0 Å². The molecular weight excluding hydrogens is 276 g/mol. The molecule has 1 aromatic heterocycles. The highest BCUT2D eigenvalue weighted by Crippen LogP contribution is 2.06. The number of nitrogens with zero attached hydrogens (tertiary/aromatic N) is 2. The summed E-state index contributed by atoms with van der Waals surface area (Å²) in [5, 5.41) is 0.553. The van der Waals surface area contributed by atoms with Crippen molar-refractivity contribution >= 4 is 17.0 Å². The Labute approximate surface area is 127 Å². The third kappa shape index (κ3) is 2.51. The number of para-hydroxylation sites is 1. The molecule has 0 fully saturated rings. The molecule has 3 aromatic rings. The van der Waals surface area contributed by atoms with Crippen LogP contribution in [0.15, 0.2) is 70.3 Å². The number of rotatable bonds is 3. The minimum absolute atomic E-state index is 0.253. The number of aromatic nitrogens is 2. The van der Waals surface area contributed by atoms with Crippen LogP contribution >= 0.6 is 0 Å². The molecule has 0 saturated heterocycles. The zero-order chi connectivity index (χ0) is 15.5. The molecule has 0 unspecified atom stereocenters. The molecule has 0 amide bonds. The fourth-order valence-corrected chi connectivity index (χ4v) is 2.48.